The lowest BCUT2D eigenvalue weighted by atomic mass is 9.92. The molecule has 1 aliphatic carbocycles. The molecule has 0 bridgehead atoms. The smallest absolute Gasteiger partial charge is 0.242 e. The van der Waals surface area contributed by atoms with Crippen molar-refractivity contribution < 1.29 is 9.59 Å². The highest BCUT2D eigenvalue weighted by atomic mass is 35.5. The molecule has 1 saturated heterocycles. The van der Waals surface area contributed by atoms with Gasteiger partial charge < -0.3 is 15.1 Å². The van der Waals surface area contributed by atoms with Crippen LogP contribution in [-0.4, -0.2) is 49.4 Å². The van der Waals surface area contributed by atoms with Crippen LogP contribution in [0.1, 0.15) is 29.5 Å². The summed E-state index contributed by atoms with van der Waals surface area (Å²) in [7, 11) is 0. The number of benzene rings is 2. The Kier molecular flexibility index (Phi) is 5.74. The van der Waals surface area contributed by atoms with Crippen LogP contribution in [0.3, 0.4) is 0 Å². The third-order valence-corrected chi connectivity index (χ3v) is 6.40. The van der Waals surface area contributed by atoms with Crippen LogP contribution in [-0.2, 0) is 15.0 Å². The van der Waals surface area contributed by atoms with Gasteiger partial charge in [0.1, 0.15) is 0 Å². The Hall–Kier alpha value is -2.53. The van der Waals surface area contributed by atoms with E-state index in [0.29, 0.717) is 18.1 Å². The number of nitrogens with zero attached hydrogens (tertiary/aromatic N) is 2. The van der Waals surface area contributed by atoms with Crippen molar-refractivity contribution in [1.82, 2.24) is 10.2 Å². The SMILES string of the molecule is Cc1cc(C)cc(C2(C(=O)NCC(=O)N3CCN(c4cccc(Cl)c4)CC3)CC2)c1. The van der Waals surface area contributed by atoms with E-state index in [1.54, 1.807) is 0 Å². The minimum absolute atomic E-state index is 0.0229. The van der Waals surface area contributed by atoms with Gasteiger partial charge in [0.2, 0.25) is 11.8 Å². The summed E-state index contributed by atoms with van der Waals surface area (Å²) < 4.78 is 0. The highest BCUT2D eigenvalue weighted by Crippen LogP contribution is 2.48. The normalized spacial score (nSPS) is 17.6. The summed E-state index contributed by atoms with van der Waals surface area (Å²) in [6.45, 7) is 6.96. The van der Waals surface area contributed by atoms with Crippen molar-refractivity contribution in [2.45, 2.75) is 32.1 Å². The lowest BCUT2D eigenvalue weighted by Gasteiger charge is -2.36. The van der Waals surface area contributed by atoms with E-state index in [0.717, 1.165) is 48.3 Å². The molecule has 0 unspecified atom stereocenters. The number of piperazine rings is 1. The molecule has 5 nitrogen and oxygen atoms in total. The number of aryl methyl sites for hydroxylation is 2. The van der Waals surface area contributed by atoms with Crippen molar-refractivity contribution in [3.8, 4) is 0 Å². The van der Waals surface area contributed by atoms with E-state index < -0.39 is 5.41 Å². The molecule has 0 radical (unpaired) electrons. The van der Waals surface area contributed by atoms with Gasteiger partial charge in [-0.1, -0.05) is 47.0 Å². The lowest BCUT2D eigenvalue weighted by Crippen LogP contribution is -2.52. The number of rotatable bonds is 5. The van der Waals surface area contributed by atoms with Crippen molar-refractivity contribution in [3.63, 3.8) is 0 Å². The van der Waals surface area contributed by atoms with Gasteiger partial charge in [-0.15, -0.1) is 0 Å². The van der Waals surface area contributed by atoms with E-state index >= 15 is 0 Å². The highest BCUT2D eigenvalue weighted by Gasteiger charge is 2.51. The van der Waals surface area contributed by atoms with Gasteiger partial charge in [-0.25, -0.2) is 0 Å². The average molecular weight is 426 g/mol. The van der Waals surface area contributed by atoms with Crippen LogP contribution in [0.4, 0.5) is 5.69 Å². The van der Waals surface area contributed by atoms with Gasteiger partial charge >= 0.3 is 0 Å². The zero-order valence-electron chi connectivity index (χ0n) is 17.6. The number of amides is 2. The summed E-state index contributed by atoms with van der Waals surface area (Å²) in [6, 6.07) is 14.1. The van der Waals surface area contributed by atoms with Gasteiger partial charge in [-0.3, -0.25) is 9.59 Å². The number of halogens is 1. The summed E-state index contributed by atoms with van der Waals surface area (Å²) in [6.07, 6.45) is 1.68. The number of carbonyl (C=O) groups excluding carboxylic acids is 2. The Morgan fingerprint density at radius 3 is 2.27 bits per heavy atom. The molecule has 2 aromatic carbocycles. The molecule has 1 saturated carbocycles. The molecule has 1 N–H and O–H groups in total. The van der Waals surface area contributed by atoms with Crippen LogP contribution in [0.5, 0.6) is 0 Å². The van der Waals surface area contributed by atoms with Gasteiger partial charge in [0.15, 0.2) is 0 Å². The van der Waals surface area contributed by atoms with Crippen LogP contribution in [0.15, 0.2) is 42.5 Å². The molecule has 1 aliphatic heterocycles. The average Bonchev–Trinajstić information content (AvgIpc) is 3.53. The van der Waals surface area contributed by atoms with Crippen molar-refractivity contribution in [2.24, 2.45) is 0 Å². The molecule has 2 aromatic rings. The maximum absolute atomic E-state index is 12.9. The van der Waals surface area contributed by atoms with Gasteiger partial charge in [0.05, 0.1) is 12.0 Å². The molecule has 2 fully saturated rings. The molecule has 158 valence electrons. The number of hydrogen-bond acceptors (Lipinski definition) is 3. The van der Waals surface area contributed by atoms with Crippen molar-refractivity contribution in [3.05, 3.63) is 64.2 Å². The molecule has 0 atom stereocenters. The Morgan fingerprint density at radius 2 is 1.67 bits per heavy atom. The summed E-state index contributed by atoms with van der Waals surface area (Å²) >= 11 is 6.09. The number of hydrogen-bond donors (Lipinski definition) is 1. The third-order valence-electron chi connectivity index (χ3n) is 6.16. The summed E-state index contributed by atoms with van der Waals surface area (Å²) in [5, 5.41) is 3.62. The van der Waals surface area contributed by atoms with Crippen LogP contribution >= 0.6 is 11.6 Å². The molecule has 6 heteroatoms. The molecular formula is C24H28ClN3O2. The second kappa shape index (κ2) is 8.31. The maximum atomic E-state index is 12.9. The van der Waals surface area contributed by atoms with Crippen molar-refractivity contribution in [1.29, 1.82) is 0 Å². The van der Waals surface area contributed by atoms with Crippen LogP contribution in [0.25, 0.3) is 0 Å². The minimum Gasteiger partial charge on any atom is -0.368 e. The highest BCUT2D eigenvalue weighted by molar-refractivity contribution is 6.30. The quantitative estimate of drug-likeness (QED) is 0.798. The predicted molar refractivity (Wildman–Crippen MR) is 120 cm³/mol. The second-order valence-corrected chi connectivity index (χ2v) is 8.93. The fraction of sp³-hybridized carbons (Fsp3) is 0.417. The van der Waals surface area contributed by atoms with Gasteiger partial charge in [-0.2, -0.15) is 0 Å². The zero-order valence-corrected chi connectivity index (χ0v) is 18.3. The maximum Gasteiger partial charge on any atom is 0.242 e. The van der Waals surface area contributed by atoms with E-state index in [1.807, 2.05) is 29.2 Å². The van der Waals surface area contributed by atoms with E-state index in [4.69, 9.17) is 11.6 Å². The molecule has 1 heterocycles. The topological polar surface area (TPSA) is 52.7 Å². The first-order valence-electron chi connectivity index (χ1n) is 10.5. The van der Waals surface area contributed by atoms with E-state index in [-0.39, 0.29) is 18.4 Å². The number of carbonyl (C=O) groups is 2. The monoisotopic (exact) mass is 425 g/mol. The predicted octanol–water partition coefficient (Wildman–Crippen LogP) is 3.45. The summed E-state index contributed by atoms with van der Waals surface area (Å²) in [4.78, 5) is 29.6. The number of nitrogens with one attached hydrogen (secondary N) is 1. The first-order chi connectivity index (χ1) is 14.4. The van der Waals surface area contributed by atoms with Gasteiger partial charge in [0.25, 0.3) is 0 Å². The summed E-state index contributed by atoms with van der Waals surface area (Å²) in [5.74, 6) is -0.0521. The van der Waals surface area contributed by atoms with Crippen molar-refractivity contribution in [2.75, 3.05) is 37.6 Å². The molecule has 0 aromatic heterocycles. The first-order valence-corrected chi connectivity index (χ1v) is 10.9. The van der Waals surface area contributed by atoms with Crippen molar-refractivity contribution >= 4 is 29.1 Å². The lowest BCUT2D eigenvalue weighted by molar-refractivity contribution is -0.133. The van der Waals surface area contributed by atoms with Crippen LogP contribution in [0, 0.1) is 13.8 Å². The van der Waals surface area contributed by atoms with Crippen LogP contribution in [0.2, 0.25) is 5.02 Å². The fourth-order valence-electron chi connectivity index (χ4n) is 4.35. The largest absolute Gasteiger partial charge is 0.368 e. The molecule has 30 heavy (non-hydrogen) atoms. The molecule has 4 rings (SSSR count). The second-order valence-electron chi connectivity index (χ2n) is 8.49. The third kappa shape index (κ3) is 4.31. The molecule has 2 amide bonds. The Morgan fingerprint density at radius 1 is 1.00 bits per heavy atom. The first kappa shape index (κ1) is 20.7. The Balaban J connectivity index is 1.30. The number of anilines is 1. The van der Waals surface area contributed by atoms with E-state index in [9.17, 15) is 9.59 Å². The van der Waals surface area contributed by atoms with Gasteiger partial charge in [0, 0.05) is 36.9 Å². The standard InChI is InChI=1S/C24H28ClN3O2/c1-17-12-18(2)14-19(13-17)24(6-7-24)23(30)26-16-22(29)28-10-8-27(9-11-28)21-5-3-4-20(25)15-21/h3-5,12-15H,6-11,16H2,1-2H3,(H,26,30). The van der Waals surface area contributed by atoms with Gasteiger partial charge in [-0.05, 0) is 50.5 Å². The molecule has 2 aliphatic rings. The molecular weight excluding hydrogens is 398 g/mol. The summed E-state index contributed by atoms with van der Waals surface area (Å²) in [5.41, 5.74) is 4.02. The molecule has 0 spiro atoms. The van der Waals surface area contributed by atoms with E-state index in [1.165, 1.54) is 0 Å². The zero-order chi connectivity index (χ0) is 21.3. The minimum atomic E-state index is -0.456. The Bertz CT molecular complexity index is 942. The Labute approximate surface area is 183 Å². The van der Waals surface area contributed by atoms with Crippen LogP contribution < -0.4 is 10.2 Å². The van der Waals surface area contributed by atoms with E-state index in [2.05, 4.69) is 42.3 Å². The fourth-order valence-corrected chi connectivity index (χ4v) is 4.53.